The van der Waals surface area contributed by atoms with E-state index in [1.165, 1.54) is 30.0 Å². The van der Waals surface area contributed by atoms with Crippen molar-refractivity contribution in [2.45, 2.75) is 50.4 Å². The maximum absolute atomic E-state index is 14.0. The number of H-pyrrole nitrogens is 1. The van der Waals surface area contributed by atoms with Gasteiger partial charge >= 0.3 is 0 Å². The summed E-state index contributed by atoms with van der Waals surface area (Å²) in [6.07, 6.45) is 0.481. The minimum atomic E-state index is -1.11. The van der Waals surface area contributed by atoms with E-state index in [9.17, 15) is 23.5 Å². The fourth-order valence-electron chi connectivity index (χ4n) is 4.79. The summed E-state index contributed by atoms with van der Waals surface area (Å²) in [4.78, 5) is 36.0. The van der Waals surface area contributed by atoms with E-state index < -0.39 is 29.7 Å². The van der Waals surface area contributed by atoms with Crippen molar-refractivity contribution in [3.05, 3.63) is 89.0 Å². The van der Waals surface area contributed by atoms with Gasteiger partial charge in [-0.05, 0) is 67.3 Å². The molecule has 43 heavy (non-hydrogen) atoms. The number of hydrogen-bond donors (Lipinski definition) is 3. The number of nitrogens with one attached hydrogen (secondary N) is 2. The van der Waals surface area contributed by atoms with Gasteiger partial charge in [0.15, 0.2) is 5.16 Å². The van der Waals surface area contributed by atoms with Gasteiger partial charge in [0.05, 0.1) is 30.3 Å². The van der Waals surface area contributed by atoms with Gasteiger partial charge in [-0.2, -0.15) is 0 Å². The van der Waals surface area contributed by atoms with E-state index in [4.69, 9.17) is 4.74 Å². The van der Waals surface area contributed by atoms with Crippen LogP contribution < -0.4 is 10.1 Å². The van der Waals surface area contributed by atoms with Gasteiger partial charge in [0.25, 0.3) is 11.8 Å². The molecule has 0 spiro atoms. The molecule has 0 aliphatic carbocycles. The number of thioether (sulfide) groups is 1. The Morgan fingerprint density at radius 1 is 1.02 bits per heavy atom. The lowest BCUT2D eigenvalue weighted by molar-refractivity contribution is 0.0755. The fourth-order valence-corrected chi connectivity index (χ4v) is 5.70. The third kappa shape index (κ3) is 8.55. The molecule has 0 saturated heterocycles. The Morgan fingerprint density at radius 3 is 2.40 bits per heavy atom. The first kappa shape index (κ1) is 32.0. The number of methoxy groups -OCH3 is 1. The molecule has 0 radical (unpaired) electrons. The zero-order valence-electron chi connectivity index (χ0n) is 24.4. The van der Waals surface area contributed by atoms with Crippen molar-refractivity contribution in [3.8, 4) is 5.75 Å². The Kier molecular flexibility index (Phi) is 11.1. The number of carbonyl (C=O) groups excluding carboxylic acids is 2. The molecule has 2 amide bonds. The van der Waals surface area contributed by atoms with Gasteiger partial charge in [-0.1, -0.05) is 31.7 Å². The molecule has 4 rings (SSSR count). The van der Waals surface area contributed by atoms with Crippen molar-refractivity contribution in [2.24, 2.45) is 0 Å². The molecule has 3 aromatic carbocycles. The summed E-state index contributed by atoms with van der Waals surface area (Å²) in [5.74, 6) is -1.39. The standard InChI is InChI=1S/C32H36F2N4O4S/c1-4-11-38(12-5-2)31(41)22-8-6-7-21(16-22)30(40)35-28(15-20-13-23(33)17-24(34)14-20)29(39)19-43-32-36-26-10-9-25(42-3)18-27(26)37-32/h6-10,13-14,16-18,28-29,39H,4-5,11-12,15,19H2,1-3H3,(H,35,40)(H,36,37)/t28-,29+/m0/s1. The highest BCUT2D eigenvalue weighted by atomic mass is 32.2. The van der Waals surface area contributed by atoms with Crippen molar-refractivity contribution in [1.29, 1.82) is 0 Å². The van der Waals surface area contributed by atoms with E-state index in [1.54, 1.807) is 36.3 Å². The number of benzene rings is 3. The van der Waals surface area contributed by atoms with Crippen LogP contribution >= 0.6 is 11.8 Å². The molecule has 0 bridgehead atoms. The van der Waals surface area contributed by atoms with Crippen LogP contribution in [-0.2, 0) is 6.42 Å². The number of aromatic nitrogens is 2. The molecule has 0 unspecified atom stereocenters. The highest BCUT2D eigenvalue weighted by Crippen LogP contribution is 2.24. The first-order chi connectivity index (χ1) is 20.7. The summed E-state index contributed by atoms with van der Waals surface area (Å²) in [5, 5.41) is 14.6. The largest absolute Gasteiger partial charge is 0.497 e. The Morgan fingerprint density at radius 2 is 1.72 bits per heavy atom. The third-order valence-electron chi connectivity index (χ3n) is 6.86. The molecule has 228 valence electrons. The molecule has 4 aromatic rings. The van der Waals surface area contributed by atoms with Gasteiger partial charge in [0.1, 0.15) is 17.4 Å². The molecule has 0 saturated carbocycles. The lowest BCUT2D eigenvalue weighted by atomic mass is 10.0. The first-order valence-electron chi connectivity index (χ1n) is 14.2. The quantitative estimate of drug-likeness (QED) is 0.160. The Hall–Kier alpha value is -3.96. The summed E-state index contributed by atoms with van der Waals surface area (Å²) in [6, 6.07) is 14.0. The molecule has 1 aromatic heterocycles. The number of halogens is 2. The maximum Gasteiger partial charge on any atom is 0.253 e. The zero-order chi connectivity index (χ0) is 30.9. The van der Waals surface area contributed by atoms with Gasteiger partial charge in [0, 0.05) is 42.1 Å². The van der Waals surface area contributed by atoms with Crippen LogP contribution in [0.25, 0.3) is 11.0 Å². The van der Waals surface area contributed by atoms with Crippen LogP contribution in [0.3, 0.4) is 0 Å². The fraction of sp³-hybridized carbons (Fsp3) is 0.344. The lowest BCUT2D eigenvalue weighted by Crippen LogP contribution is -2.46. The molecular weight excluding hydrogens is 574 g/mol. The van der Waals surface area contributed by atoms with E-state index in [-0.39, 0.29) is 29.2 Å². The van der Waals surface area contributed by atoms with Gasteiger partial charge in [0.2, 0.25) is 0 Å². The number of fused-ring (bicyclic) bond motifs is 1. The number of aliphatic hydroxyl groups excluding tert-OH is 1. The summed E-state index contributed by atoms with van der Waals surface area (Å²) in [7, 11) is 1.57. The van der Waals surface area contributed by atoms with Crippen molar-refractivity contribution in [3.63, 3.8) is 0 Å². The van der Waals surface area contributed by atoms with Gasteiger partial charge < -0.3 is 25.0 Å². The Bertz CT molecular complexity index is 1540. The normalized spacial score (nSPS) is 12.6. The van der Waals surface area contributed by atoms with Crippen LogP contribution in [0.1, 0.15) is 53.0 Å². The number of rotatable bonds is 14. The van der Waals surface area contributed by atoms with Crippen LogP contribution in [0.5, 0.6) is 5.75 Å². The molecular formula is C32H36F2N4O4S. The number of ether oxygens (including phenoxy) is 1. The van der Waals surface area contributed by atoms with Crippen LogP contribution in [-0.4, -0.2) is 69.9 Å². The molecule has 0 fully saturated rings. The van der Waals surface area contributed by atoms with Crippen LogP contribution in [0.15, 0.2) is 65.8 Å². The summed E-state index contributed by atoms with van der Waals surface area (Å²) in [5.41, 5.74) is 2.39. The zero-order valence-corrected chi connectivity index (χ0v) is 25.2. The molecule has 1 heterocycles. The lowest BCUT2D eigenvalue weighted by Gasteiger charge is -2.25. The highest BCUT2D eigenvalue weighted by molar-refractivity contribution is 7.99. The van der Waals surface area contributed by atoms with E-state index in [2.05, 4.69) is 15.3 Å². The Balaban J connectivity index is 1.53. The van der Waals surface area contributed by atoms with E-state index >= 15 is 0 Å². The molecule has 2 atom stereocenters. The van der Waals surface area contributed by atoms with Gasteiger partial charge in [-0.15, -0.1) is 0 Å². The number of hydrogen-bond acceptors (Lipinski definition) is 6. The maximum atomic E-state index is 14.0. The number of carbonyl (C=O) groups is 2. The molecule has 11 heteroatoms. The molecule has 0 aliphatic heterocycles. The Labute approximate surface area is 253 Å². The number of aliphatic hydroxyl groups is 1. The number of imidazole rings is 1. The molecule has 3 N–H and O–H groups in total. The monoisotopic (exact) mass is 610 g/mol. The third-order valence-corrected chi connectivity index (χ3v) is 7.84. The topological polar surface area (TPSA) is 108 Å². The van der Waals surface area contributed by atoms with Crippen molar-refractivity contribution in [1.82, 2.24) is 20.2 Å². The molecule has 0 aliphatic rings. The predicted molar refractivity (Wildman–Crippen MR) is 164 cm³/mol. The SMILES string of the molecule is CCCN(CCC)C(=O)c1cccc(C(=O)N[C@@H](Cc2cc(F)cc(F)c2)[C@H](O)CSc2nc3ccc(OC)cc3[nH]2)c1. The highest BCUT2D eigenvalue weighted by Gasteiger charge is 2.25. The summed E-state index contributed by atoms with van der Waals surface area (Å²) >= 11 is 1.25. The average molecular weight is 611 g/mol. The van der Waals surface area contributed by atoms with Crippen molar-refractivity contribution in [2.75, 3.05) is 26.0 Å². The number of aromatic amines is 1. The summed E-state index contributed by atoms with van der Waals surface area (Å²) < 4.78 is 33.2. The predicted octanol–water partition coefficient (Wildman–Crippen LogP) is 5.61. The van der Waals surface area contributed by atoms with Crippen LogP contribution in [0.2, 0.25) is 0 Å². The molecule has 8 nitrogen and oxygen atoms in total. The first-order valence-corrected chi connectivity index (χ1v) is 15.2. The van der Waals surface area contributed by atoms with E-state index in [0.29, 0.717) is 29.6 Å². The van der Waals surface area contributed by atoms with Crippen molar-refractivity contribution < 1.29 is 28.2 Å². The average Bonchev–Trinajstić information content (AvgIpc) is 3.40. The minimum absolute atomic E-state index is 0.0289. The summed E-state index contributed by atoms with van der Waals surface area (Å²) in [6.45, 7) is 5.22. The number of amides is 2. The second-order valence-electron chi connectivity index (χ2n) is 10.2. The smallest absolute Gasteiger partial charge is 0.253 e. The van der Waals surface area contributed by atoms with Crippen LogP contribution in [0.4, 0.5) is 8.78 Å². The second-order valence-corrected chi connectivity index (χ2v) is 11.2. The second kappa shape index (κ2) is 15.0. The number of nitrogens with zero attached hydrogens (tertiary/aromatic N) is 2. The van der Waals surface area contributed by atoms with Crippen molar-refractivity contribution >= 4 is 34.6 Å². The van der Waals surface area contributed by atoms with Gasteiger partial charge in [-0.3, -0.25) is 9.59 Å². The van der Waals surface area contributed by atoms with E-state index in [1.807, 2.05) is 26.0 Å². The van der Waals surface area contributed by atoms with Crippen LogP contribution in [0, 0.1) is 11.6 Å². The minimum Gasteiger partial charge on any atom is -0.497 e. The van der Waals surface area contributed by atoms with Gasteiger partial charge in [-0.25, -0.2) is 13.8 Å². The van der Waals surface area contributed by atoms with E-state index in [0.717, 1.165) is 29.9 Å².